The molecule has 1 unspecified atom stereocenters. The lowest BCUT2D eigenvalue weighted by atomic mass is 10.1. The minimum atomic E-state index is -0.367. The van der Waals surface area contributed by atoms with Crippen molar-refractivity contribution in [3.05, 3.63) is 12.0 Å². The lowest BCUT2D eigenvalue weighted by Gasteiger charge is -2.33. The van der Waals surface area contributed by atoms with Crippen LogP contribution in [0.4, 0.5) is 16.2 Å². The topological polar surface area (TPSA) is 50.3 Å². The number of hydrogen-bond acceptors (Lipinski definition) is 5. The van der Waals surface area contributed by atoms with E-state index >= 15 is 0 Å². The van der Waals surface area contributed by atoms with Gasteiger partial charge in [0.2, 0.25) is 5.95 Å². The summed E-state index contributed by atoms with van der Waals surface area (Å²) in [5.41, 5.74) is 0. The molecule has 2 rings (SSSR count). The van der Waals surface area contributed by atoms with E-state index < -0.39 is 0 Å². The van der Waals surface area contributed by atoms with Crippen LogP contribution in [0.5, 0.6) is 0 Å². The molecule has 2 heterocycles. The first-order valence-electron chi connectivity index (χ1n) is 7.87. The zero-order chi connectivity index (χ0) is 15.1. The van der Waals surface area contributed by atoms with E-state index in [0.29, 0.717) is 18.3 Å². The van der Waals surface area contributed by atoms with Crippen LogP contribution in [0.2, 0.25) is 0 Å². The molecule has 1 aliphatic rings. The van der Waals surface area contributed by atoms with Gasteiger partial charge in [-0.2, -0.15) is 4.98 Å². The highest BCUT2D eigenvalue weighted by Gasteiger charge is 2.24. The van der Waals surface area contributed by atoms with Gasteiger partial charge in [-0.1, -0.05) is 13.8 Å². The molecule has 0 saturated carbocycles. The molecule has 1 aliphatic heterocycles. The van der Waals surface area contributed by atoms with E-state index in [2.05, 4.69) is 29.1 Å². The molecule has 1 fully saturated rings. The largest absolute Gasteiger partial charge is 0.376 e. The fourth-order valence-corrected chi connectivity index (χ4v) is 2.45. The average Bonchev–Trinajstić information content (AvgIpc) is 2.52. The number of halogens is 1. The molecule has 0 spiro atoms. The fraction of sp³-hybridized carbons (Fsp3) is 0.733. The summed E-state index contributed by atoms with van der Waals surface area (Å²) in [5.74, 6) is 0.506. The molecule has 118 valence electrons. The van der Waals surface area contributed by atoms with Crippen LogP contribution < -0.4 is 10.2 Å². The first-order chi connectivity index (χ1) is 10.2. The molecule has 0 amide bonds. The second-order valence-corrected chi connectivity index (χ2v) is 5.37. The van der Waals surface area contributed by atoms with Gasteiger partial charge in [-0.3, -0.25) is 0 Å². The van der Waals surface area contributed by atoms with E-state index in [1.807, 2.05) is 4.90 Å². The van der Waals surface area contributed by atoms with Crippen molar-refractivity contribution in [2.24, 2.45) is 0 Å². The first-order valence-corrected chi connectivity index (χ1v) is 7.87. The van der Waals surface area contributed by atoms with Crippen LogP contribution in [0.3, 0.4) is 0 Å². The number of ether oxygens (including phenoxy) is 1. The normalized spacial score (nSPS) is 18.8. The van der Waals surface area contributed by atoms with Crippen molar-refractivity contribution in [1.82, 2.24) is 9.97 Å². The van der Waals surface area contributed by atoms with Crippen LogP contribution in [0, 0.1) is 5.82 Å². The fourth-order valence-electron chi connectivity index (χ4n) is 2.45. The Hall–Kier alpha value is -1.43. The van der Waals surface area contributed by atoms with Gasteiger partial charge in [-0.15, -0.1) is 0 Å². The Labute approximate surface area is 125 Å². The smallest absolute Gasteiger partial charge is 0.224 e. The Bertz CT molecular complexity index is 444. The summed E-state index contributed by atoms with van der Waals surface area (Å²) in [5, 5.41) is 3.10. The highest BCUT2D eigenvalue weighted by molar-refractivity contribution is 5.44. The summed E-state index contributed by atoms with van der Waals surface area (Å²) >= 11 is 0. The van der Waals surface area contributed by atoms with Crippen molar-refractivity contribution in [2.75, 3.05) is 36.5 Å². The predicted molar refractivity (Wildman–Crippen MR) is 82.2 cm³/mol. The number of nitrogens with zero attached hydrogens (tertiary/aromatic N) is 3. The molecule has 1 atom stereocenters. The van der Waals surface area contributed by atoms with Crippen molar-refractivity contribution < 1.29 is 9.13 Å². The third-order valence-corrected chi connectivity index (χ3v) is 3.49. The number of hydrogen-bond donors (Lipinski definition) is 1. The quantitative estimate of drug-likeness (QED) is 0.838. The van der Waals surface area contributed by atoms with E-state index in [9.17, 15) is 4.39 Å². The second kappa shape index (κ2) is 8.12. The van der Waals surface area contributed by atoms with Gasteiger partial charge in [0.15, 0.2) is 11.6 Å². The van der Waals surface area contributed by atoms with Gasteiger partial charge >= 0.3 is 0 Å². The standard InChI is InChI=1S/C15H25FN4O/c1-3-7-17-15-18-10-13(16)14(19-15)20-8-5-6-12(11-20)21-9-4-2/h10,12H,3-9,11H2,1-2H3,(H,17,18,19). The molecular weight excluding hydrogens is 271 g/mol. The Morgan fingerprint density at radius 1 is 1.43 bits per heavy atom. The summed E-state index contributed by atoms with van der Waals surface area (Å²) in [6, 6.07) is 0. The molecule has 21 heavy (non-hydrogen) atoms. The van der Waals surface area contributed by atoms with Crippen molar-refractivity contribution in [3.63, 3.8) is 0 Å². The molecule has 1 aromatic heterocycles. The molecule has 6 heteroatoms. The van der Waals surface area contributed by atoms with Crippen LogP contribution in [0.15, 0.2) is 6.20 Å². The highest BCUT2D eigenvalue weighted by Crippen LogP contribution is 2.23. The molecule has 0 aliphatic carbocycles. The van der Waals surface area contributed by atoms with E-state index in [0.717, 1.165) is 45.4 Å². The monoisotopic (exact) mass is 296 g/mol. The maximum atomic E-state index is 14.0. The van der Waals surface area contributed by atoms with Crippen molar-refractivity contribution >= 4 is 11.8 Å². The molecule has 1 N–H and O–H groups in total. The van der Waals surface area contributed by atoms with Gasteiger partial charge in [0.1, 0.15) is 0 Å². The van der Waals surface area contributed by atoms with Crippen molar-refractivity contribution in [3.8, 4) is 0 Å². The van der Waals surface area contributed by atoms with E-state index in [1.54, 1.807) is 0 Å². The van der Waals surface area contributed by atoms with Crippen LogP contribution in [-0.2, 0) is 4.74 Å². The van der Waals surface area contributed by atoms with Crippen LogP contribution in [0.25, 0.3) is 0 Å². The molecule has 1 aromatic rings. The maximum Gasteiger partial charge on any atom is 0.224 e. The Morgan fingerprint density at radius 3 is 3.05 bits per heavy atom. The third kappa shape index (κ3) is 4.52. The van der Waals surface area contributed by atoms with Gasteiger partial charge < -0.3 is 15.0 Å². The SMILES string of the molecule is CCCNc1ncc(F)c(N2CCCC(OCCC)C2)n1. The number of piperidine rings is 1. The van der Waals surface area contributed by atoms with Gasteiger partial charge in [0.25, 0.3) is 0 Å². The third-order valence-electron chi connectivity index (χ3n) is 3.49. The lowest BCUT2D eigenvalue weighted by molar-refractivity contribution is 0.0438. The summed E-state index contributed by atoms with van der Waals surface area (Å²) in [7, 11) is 0. The summed E-state index contributed by atoms with van der Waals surface area (Å²) < 4.78 is 19.8. The second-order valence-electron chi connectivity index (χ2n) is 5.37. The van der Waals surface area contributed by atoms with Crippen molar-refractivity contribution in [2.45, 2.75) is 45.6 Å². The van der Waals surface area contributed by atoms with Gasteiger partial charge in [-0.25, -0.2) is 9.37 Å². The maximum absolute atomic E-state index is 14.0. The average molecular weight is 296 g/mol. The molecule has 0 bridgehead atoms. The molecule has 0 radical (unpaired) electrons. The number of anilines is 2. The lowest BCUT2D eigenvalue weighted by Crippen LogP contribution is -2.40. The highest BCUT2D eigenvalue weighted by atomic mass is 19.1. The summed E-state index contributed by atoms with van der Waals surface area (Å²) in [6.45, 7) is 7.21. The Morgan fingerprint density at radius 2 is 2.29 bits per heavy atom. The first kappa shape index (κ1) is 15.9. The van der Waals surface area contributed by atoms with Crippen molar-refractivity contribution in [1.29, 1.82) is 0 Å². The Kier molecular flexibility index (Phi) is 6.17. The molecule has 1 saturated heterocycles. The number of rotatable bonds is 7. The minimum absolute atomic E-state index is 0.167. The predicted octanol–water partition coefficient (Wildman–Crippen LogP) is 2.83. The van der Waals surface area contributed by atoms with Gasteiger partial charge in [-0.05, 0) is 25.7 Å². The zero-order valence-corrected chi connectivity index (χ0v) is 12.9. The Balaban J connectivity index is 2.05. The summed E-state index contributed by atoms with van der Waals surface area (Å²) in [6.07, 6.45) is 5.42. The zero-order valence-electron chi connectivity index (χ0n) is 12.9. The van der Waals surface area contributed by atoms with E-state index in [1.165, 1.54) is 6.20 Å². The van der Waals surface area contributed by atoms with E-state index in [-0.39, 0.29) is 11.9 Å². The van der Waals surface area contributed by atoms with E-state index in [4.69, 9.17) is 4.74 Å². The van der Waals surface area contributed by atoms with Gasteiger partial charge in [0, 0.05) is 26.2 Å². The number of aromatic nitrogens is 2. The van der Waals surface area contributed by atoms with Crippen LogP contribution in [-0.4, -0.2) is 42.3 Å². The molecular formula is C15H25FN4O. The molecule has 5 nitrogen and oxygen atoms in total. The van der Waals surface area contributed by atoms with Crippen LogP contribution >= 0.6 is 0 Å². The molecule has 0 aromatic carbocycles. The minimum Gasteiger partial charge on any atom is -0.376 e. The summed E-state index contributed by atoms with van der Waals surface area (Å²) in [4.78, 5) is 10.3. The van der Waals surface area contributed by atoms with Gasteiger partial charge in [0.05, 0.1) is 12.3 Å². The van der Waals surface area contributed by atoms with Crippen LogP contribution in [0.1, 0.15) is 39.5 Å². The number of nitrogens with one attached hydrogen (secondary N) is 1.